The second kappa shape index (κ2) is 28.0. The van der Waals surface area contributed by atoms with Crippen molar-refractivity contribution in [3.63, 3.8) is 0 Å². The van der Waals surface area contributed by atoms with E-state index in [0.29, 0.717) is 43.7 Å². The number of benzene rings is 1. The van der Waals surface area contributed by atoms with Crippen LogP contribution in [0.3, 0.4) is 0 Å². The second-order valence-corrected chi connectivity index (χ2v) is 15.1. The molecule has 18 N–H and O–H groups in total. The predicted molar refractivity (Wildman–Crippen MR) is 205 cm³/mol. The summed E-state index contributed by atoms with van der Waals surface area (Å²) in [6, 6.07) is 3.76. The Labute approximate surface area is 324 Å². The van der Waals surface area contributed by atoms with Crippen molar-refractivity contribution in [3.05, 3.63) is 29.3 Å². The number of ether oxygens (including phenoxy) is 1. The van der Waals surface area contributed by atoms with Gasteiger partial charge in [0.15, 0.2) is 0 Å². The maximum Gasteiger partial charge on any atom is 0.205 e. The van der Waals surface area contributed by atoms with E-state index in [1.54, 1.807) is 18.2 Å². The number of carbonyl (C=O) groups excluding carboxylic acids is 2. The van der Waals surface area contributed by atoms with Gasteiger partial charge < -0.3 is 78.7 Å². The molecule has 0 amide bonds. The zero-order valence-corrected chi connectivity index (χ0v) is 32.2. The van der Waals surface area contributed by atoms with Crippen LogP contribution in [0.25, 0.3) is 0 Å². The van der Waals surface area contributed by atoms with Gasteiger partial charge >= 0.3 is 0 Å². The zero-order chi connectivity index (χ0) is 40.8. The highest BCUT2D eigenvalue weighted by Gasteiger charge is 2.34. The monoisotopic (exact) mass is 813 g/mol. The standard InChI is InChI=1S/C34H63N5O13S2/c35-9-3-1-5-23(37)33(50)53-18-20-7-8-22(13-21(20)19-54-34(51)24(38)6-2-4-10-36)52-12-11-39(14-25(42)29(46)31(48)27(44)16-40)15-26(43)30(47)32(49)28(45)17-41/h7-8,13,23-32,40-49H,1-6,9-12,14-19,35-38H2/t23-,24-,25-,26-,27+,28+,29+,30+,31+,32+/m0/s1. The molecular weight excluding hydrogens is 751 g/mol. The first-order valence-electron chi connectivity index (χ1n) is 18.0. The summed E-state index contributed by atoms with van der Waals surface area (Å²) in [7, 11) is 0. The number of carbonyl (C=O) groups is 2. The van der Waals surface area contributed by atoms with Gasteiger partial charge in [-0.1, -0.05) is 42.4 Å². The molecule has 314 valence electrons. The number of hydrogen-bond acceptors (Lipinski definition) is 20. The minimum Gasteiger partial charge on any atom is -0.492 e. The lowest BCUT2D eigenvalue weighted by molar-refractivity contribution is -0.130. The number of nitrogens with zero attached hydrogens (tertiary/aromatic N) is 1. The molecule has 1 rings (SSSR count). The molecule has 0 radical (unpaired) electrons. The molecule has 0 bridgehead atoms. The predicted octanol–water partition coefficient (Wildman–Crippen LogP) is -4.33. The lowest BCUT2D eigenvalue weighted by Crippen LogP contribution is -2.53. The summed E-state index contributed by atoms with van der Waals surface area (Å²) >= 11 is 2.09. The maximum absolute atomic E-state index is 12.8. The highest BCUT2D eigenvalue weighted by atomic mass is 32.2. The number of aliphatic hydroxyl groups excluding tert-OH is 10. The van der Waals surface area contributed by atoms with E-state index in [-0.39, 0.29) is 34.9 Å². The van der Waals surface area contributed by atoms with Crippen LogP contribution in [-0.2, 0) is 21.1 Å². The highest BCUT2D eigenvalue weighted by molar-refractivity contribution is 8.13. The molecule has 54 heavy (non-hydrogen) atoms. The average Bonchev–Trinajstić information content (AvgIpc) is 3.17. The van der Waals surface area contributed by atoms with Crippen molar-refractivity contribution < 1.29 is 65.4 Å². The first-order chi connectivity index (χ1) is 25.6. The van der Waals surface area contributed by atoms with Gasteiger partial charge in [0.25, 0.3) is 0 Å². The first-order valence-corrected chi connectivity index (χ1v) is 20.0. The minimum absolute atomic E-state index is 0.0841. The summed E-state index contributed by atoms with van der Waals surface area (Å²) in [6.45, 7) is -1.91. The van der Waals surface area contributed by atoms with E-state index in [1.807, 2.05) is 0 Å². The van der Waals surface area contributed by atoms with Crippen LogP contribution < -0.4 is 27.7 Å². The Morgan fingerprint density at radius 3 is 1.50 bits per heavy atom. The maximum atomic E-state index is 12.8. The number of thioether (sulfide) groups is 2. The lowest BCUT2D eigenvalue weighted by atomic mass is 10.0. The molecule has 10 atom stereocenters. The van der Waals surface area contributed by atoms with Gasteiger partial charge in [-0.3, -0.25) is 14.5 Å². The van der Waals surface area contributed by atoms with Gasteiger partial charge in [-0.05, 0) is 62.0 Å². The largest absolute Gasteiger partial charge is 0.492 e. The number of unbranched alkanes of at least 4 members (excludes halogenated alkanes) is 2. The molecule has 1 aromatic rings. The third kappa shape index (κ3) is 18.6. The molecule has 0 spiro atoms. The van der Waals surface area contributed by atoms with E-state index in [1.165, 1.54) is 4.90 Å². The van der Waals surface area contributed by atoms with E-state index >= 15 is 0 Å². The third-order valence-electron chi connectivity index (χ3n) is 8.68. The minimum atomic E-state index is -1.94. The molecule has 18 nitrogen and oxygen atoms in total. The molecule has 1 aromatic carbocycles. The molecular formula is C34H63N5O13S2. The Balaban J connectivity index is 3.17. The Hall–Kier alpha value is -1.54. The van der Waals surface area contributed by atoms with Crippen LogP contribution in [0.2, 0.25) is 0 Å². The van der Waals surface area contributed by atoms with E-state index in [9.17, 15) is 50.4 Å². The average molecular weight is 814 g/mol. The first kappa shape index (κ1) is 50.5. The van der Waals surface area contributed by atoms with Crippen LogP contribution in [-0.4, -0.2) is 180 Å². The van der Waals surface area contributed by atoms with Gasteiger partial charge in [0.1, 0.15) is 49.0 Å². The molecule has 0 aliphatic rings. The molecule has 0 unspecified atom stereocenters. The molecule has 0 aliphatic carbocycles. The molecule has 0 aromatic heterocycles. The summed E-state index contributed by atoms with van der Waals surface area (Å²) in [6.07, 6.45) is -10.8. The molecule has 0 heterocycles. The molecule has 0 aliphatic heterocycles. The Bertz CT molecular complexity index is 1170. The fourth-order valence-corrected chi connectivity index (χ4v) is 6.96. The number of nitrogens with two attached hydrogens (primary N) is 4. The van der Waals surface area contributed by atoms with Crippen LogP contribution in [0.1, 0.15) is 49.7 Å². The topological polar surface area (TPSA) is 353 Å². The summed E-state index contributed by atoms with van der Waals surface area (Å²) in [5.74, 6) is 0.850. The molecule has 0 saturated carbocycles. The summed E-state index contributed by atoms with van der Waals surface area (Å²) in [5.41, 5.74) is 24.7. The zero-order valence-electron chi connectivity index (χ0n) is 30.6. The highest BCUT2D eigenvalue weighted by Crippen LogP contribution is 2.28. The van der Waals surface area contributed by atoms with Crippen molar-refractivity contribution in [3.8, 4) is 5.75 Å². The van der Waals surface area contributed by atoms with Gasteiger partial charge in [-0.15, -0.1) is 0 Å². The smallest absolute Gasteiger partial charge is 0.205 e. The summed E-state index contributed by atoms with van der Waals surface area (Å²) in [4.78, 5) is 26.9. The Morgan fingerprint density at radius 1 is 0.648 bits per heavy atom. The van der Waals surface area contributed by atoms with Crippen LogP contribution in [0, 0.1) is 0 Å². The number of hydrogen-bond donors (Lipinski definition) is 14. The molecule has 20 heteroatoms. The fourth-order valence-electron chi connectivity index (χ4n) is 5.15. The summed E-state index contributed by atoms with van der Waals surface area (Å²) < 4.78 is 5.95. The van der Waals surface area contributed by atoms with Crippen molar-refractivity contribution in [2.24, 2.45) is 22.9 Å². The van der Waals surface area contributed by atoms with Crippen LogP contribution >= 0.6 is 23.5 Å². The number of rotatable bonds is 30. The van der Waals surface area contributed by atoms with E-state index in [0.717, 1.165) is 48.3 Å². The third-order valence-corrected chi connectivity index (χ3v) is 10.8. The van der Waals surface area contributed by atoms with Crippen molar-refractivity contribution in [1.82, 2.24) is 4.90 Å². The Morgan fingerprint density at radius 2 is 1.07 bits per heavy atom. The SMILES string of the molecule is NCCCC[C@H](N)C(=O)SCc1ccc(OCCN(C[C@H](O)[C@@H](O)[C@H](O)[C@H](O)CO)C[C@H](O)[C@@H](O)[C@H](O)[C@H](O)CO)cc1CSC(=O)[C@@H](N)CCCCN. The molecule has 0 saturated heterocycles. The van der Waals surface area contributed by atoms with Crippen molar-refractivity contribution in [2.75, 3.05) is 52.5 Å². The van der Waals surface area contributed by atoms with Crippen molar-refractivity contribution in [2.45, 2.75) is 111 Å². The van der Waals surface area contributed by atoms with Gasteiger partial charge in [0.05, 0.1) is 37.5 Å². The molecule has 0 fully saturated rings. The lowest BCUT2D eigenvalue weighted by Gasteiger charge is -2.33. The Kier molecular flexibility index (Phi) is 26.1. The van der Waals surface area contributed by atoms with E-state index in [4.69, 9.17) is 37.9 Å². The quantitative estimate of drug-likeness (QED) is 0.0327. The van der Waals surface area contributed by atoms with Crippen LogP contribution in [0.4, 0.5) is 0 Å². The normalized spacial score (nSPS) is 17.6. The van der Waals surface area contributed by atoms with Gasteiger partial charge in [0, 0.05) is 31.1 Å². The van der Waals surface area contributed by atoms with E-state index < -0.39 is 87.2 Å². The van der Waals surface area contributed by atoms with Gasteiger partial charge in [-0.25, -0.2) is 0 Å². The van der Waals surface area contributed by atoms with Crippen molar-refractivity contribution in [1.29, 1.82) is 0 Å². The van der Waals surface area contributed by atoms with Gasteiger partial charge in [-0.2, -0.15) is 0 Å². The van der Waals surface area contributed by atoms with Crippen LogP contribution in [0.5, 0.6) is 5.75 Å². The fraction of sp³-hybridized carbons (Fsp3) is 0.765. The summed E-state index contributed by atoms with van der Waals surface area (Å²) in [5, 5.41) is 99.3. The van der Waals surface area contributed by atoms with Crippen molar-refractivity contribution >= 4 is 33.8 Å². The van der Waals surface area contributed by atoms with Crippen LogP contribution in [0.15, 0.2) is 18.2 Å². The van der Waals surface area contributed by atoms with Gasteiger partial charge in [0.2, 0.25) is 10.2 Å². The second-order valence-electron chi connectivity index (χ2n) is 13.1. The van der Waals surface area contributed by atoms with E-state index in [2.05, 4.69) is 0 Å². The number of aliphatic hydroxyl groups is 10.